The van der Waals surface area contributed by atoms with Gasteiger partial charge < -0.3 is 20.6 Å². The Labute approximate surface area is 270 Å². The van der Waals surface area contributed by atoms with Gasteiger partial charge in [-0.05, 0) is 71.3 Å². The molecule has 240 valence electrons. The van der Waals surface area contributed by atoms with Gasteiger partial charge >= 0.3 is 0 Å². The van der Waals surface area contributed by atoms with Crippen molar-refractivity contribution in [3.63, 3.8) is 0 Å². The van der Waals surface area contributed by atoms with Crippen LogP contribution in [-0.4, -0.2) is 32.5 Å². The zero-order valence-corrected chi connectivity index (χ0v) is 28.3. The molecule has 0 unspecified atom stereocenters. The summed E-state index contributed by atoms with van der Waals surface area (Å²) in [4.78, 5) is 16.2. The maximum atomic E-state index is 4.62. The molecule has 4 N–H and O–H groups in total. The van der Waals surface area contributed by atoms with Gasteiger partial charge in [0.15, 0.2) is 0 Å². The lowest BCUT2D eigenvalue weighted by Gasteiger charge is -2.14. The van der Waals surface area contributed by atoms with Crippen molar-refractivity contribution in [2.24, 2.45) is 5.92 Å². The van der Waals surface area contributed by atoms with Crippen molar-refractivity contribution in [2.75, 3.05) is 6.54 Å². The Balaban J connectivity index is 0.00000148. The van der Waals surface area contributed by atoms with Crippen molar-refractivity contribution < 1.29 is 0 Å². The maximum Gasteiger partial charge on any atom is 0.120 e. The van der Waals surface area contributed by atoms with Crippen LogP contribution in [0, 0.1) is 5.92 Å². The van der Waals surface area contributed by atoms with Gasteiger partial charge in [0.1, 0.15) is 11.6 Å². The summed E-state index contributed by atoms with van der Waals surface area (Å²) in [5, 5.41) is 9.60. The zero-order chi connectivity index (χ0) is 32.0. The number of fused-ring (bicyclic) bond motifs is 1. The van der Waals surface area contributed by atoms with Gasteiger partial charge in [-0.25, -0.2) is 9.97 Å². The minimum atomic E-state index is 0.546. The summed E-state index contributed by atoms with van der Waals surface area (Å²) in [5.74, 6) is 2.65. The molecule has 0 bridgehead atoms. The van der Waals surface area contributed by atoms with Crippen molar-refractivity contribution in [1.29, 1.82) is 0 Å². The van der Waals surface area contributed by atoms with Gasteiger partial charge in [0, 0.05) is 11.6 Å². The highest BCUT2D eigenvalue weighted by molar-refractivity contribution is 5.90. The summed E-state index contributed by atoms with van der Waals surface area (Å²) in [6.07, 6.45) is 11.1. The Bertz CT molecular complexity index is 1560. The van der Waals surface area contributed by atoms with E-state index in [4.69, 9.17) is 0 Å². The third-order valence-electron chi connectivity index (χ3n) is 8.19. The molecule has 3 aromatic carbocycles. The standard InChI is InChI=1S/C36H46N6.C3H8/c1-5-8-25(4)20-37-23-35-39-21-33(41-35)27-12-10-26(11-13-27)28-14-15-30-19-31(17-16-29(30)18-28)34-22-40-36(42-34)24-38-32(7-3)9-6-2;1-3-2/h10-19,21-22,25,32,37-38H,5-9,20,23-24H2,1-4H3,(H,39,41)(H,40,42);3H2,1-2H3/t25-,32-;/m1./s1. The average Bonchev–Trinajstić information content (AvgIpc) is 3.74. The van der Waals surface area contributed by atoms with E-state index in [0.29, 0.717) is 12.0 Å². The second-order valence-corrected chi connectivity index (χ2v) is 12.3. The molecule has 0 aliphatic carbocycles. The molecule has 0 saturated carbocycles. The van der Waals surface area contributed by atoms with Crippen LogP contribution in [0.3, 0.4) is 0 Å². The number of hydrogen-bond acceptors (Lipinski definition) is 4. The number of aromatic nitrogens is 4. The molecule has 0 amide bonds. The van der Waals surface area contributed by atoms with Gasteiger partial charge in [-0.3, -0.25) is 0 Å². The summed E-state index contributed by atoms with van der Waals surface area (Å²) in [6.45, 7) is 15.8. The summed E-state index contributed by atoms with van der Waals surface area (Å²) in [5.41, 5.74) is 6.83. The average molecular weight is 607 g/mol. The van der Waals surface area contributed by atoms with E-state index in [9.17, 15) is 0 Å². The van der Waals surface area contributed by atoms with Crippen LogP contribution in [-0.2, 0) is 13.1 Å². The van der Waals surface area contributed by atoms with Crippen LogP contribution < -0.4 is 10.6 Å². The van der Waals surface area contributed by atoms with Crippen molar-refractivity contribution in [3.8, 4) is 33.6 Å². The first kappa shape index (κ1) is 34.1. The van der Waals surface area contributed by atoms with Crippen LogP contribution in [0.2, 0.25) is 0 Å². The summed E-state index contributed by atoms with van der Waals surface area (Å²) < 4.78 is 0. The quantitative estimate of drug-likeness (QED) is 0.0956. The predicted molar refractivity (Wildman–Crippen MR) is 192 cm³/mol. The highest BCUT2D eigenvalue weighted by Crippen LogP contribution is 2.29. The summed E-state index contributed by atoms with van der Waals surface area (Å²) >= 11 is 0. The second-order valence-electron chi connectivity index (χ2n) is 12.3. The van der Waals surface area contributed by atoms with E-state index in [-0.39, 0.29) is 0 Å². The molecule has 6 heteroatoms. The minimum absolute atomic E-state index is 0.546. The lowest BCUT2D eigenvalue weighted by Crippen LogP contribution is -2.28. The SMILES string of the molecule is CCC.CCC[C@@H](C)CNCc1ncc(-c2ccc(-c3ccc4cc(-c5cnc(CN[C@H](CC)CCC)[nH]5)ccc4c3)cc2)[nH]1. The number of hydrogen-bond donors (Lipinski definition) is 4. The molecular weight excluding hydrogens is 552 g/mol. The maximum absolute atomic E-state index is 4.62. The normalized spacial score (nSPS) is 12.6. The van der Waals surface area contributed by atoms with Gasteiger partial charge in [-0.2, -0.15) is 0 Å². The lowest BCUT2D eigenvalue weighted by molar-refractivity contribution is 0.457. The van der Waals surface area contributed by atoms with E-state index < -0.39 is 0 Å². The fourth-order valence-electron chi connectivity index (χ4n) is 5.70. The van der Waals surface area contributed by atoms with Crippen LogP contribution in [0.5, 0.6) is 0 Å². The highest BCUT2D eigenvalue weighted by Gasteiger charge is 2.10. The number of nitrogens with zero attached hydrogens (tertiary/aromatic N) is 2. The van der Waals surface area contributed by atoms with Crippen molar-refractivity contribution >= 4 is 10.8 Å². The Morgan fingerprint density at radius 3 is 1.80 bits per heavy atom. The predicted octanol–water partition coefficient (Wildman–Crippen LogP) is 9.90. The fraction of sp³-hybridized carbons (Fsp3) is 0.436. The van der Waals surface area contributed by atoms with E-state index in [0.717, 1.165) is 60.2 Å². The molecule has 6 nitrogen and oxygen atoms in total. The number of H-pyrrole nitrogens is 2. The molecule has 2 aromatic heterocycles. The second kappa shape index (κ2) is 17.7. The molecule has 2 atom stereocenters. The molecule has 0 saturated heterocycles. The van der Waals surface area contributed by atoms with Crippen LogP contribution in [0.1, 0.15) is 91.7 Å². The minimum Gasteiger partial charge on any atom is -0.341 e. The topological polar surface area (TPSA) is 81.4 Å². The summed E-state index contributed by atoms with van der Waals surface area (Å²) in [6, 6.07) is 22.6. The van der Waals surface area contributed by atoms with Gasteiger partial charge in [0.25, 0.3) is 0 Å². The molecule has 0 aliphatic heterocycles. The van der Waals surface area contributed by atoms with Gasteiger partial charge in [-0.15, -0.1) is 0 Å². The van der Waals surface area contributed by atoms with E-state index in [1.165, 1.54) is 54.0 Å². The first-order chi connectivity index (χ1) is 22.0. The number of imidazole rings is 2. The molecule has 0 aliphatic rings. The first-order valence-electron chi connectivity index (χ1n) is 17.1. The third kappa shape index (κ3) is 9.87. The third-order valence-corrected chi connectivity index (χ3v) is 8.19. The molecule has 2 heterocycles. The monoisotopic (exact) mass is 606 g/mol. The van der Waals surface area contributed by atoms with E-state index >= 15 is 0 Å². The molecule has 5 rings (SSSR count). The van der Waals surface area contributed by atoms with Crippen LogP contribution in [0.25, 0.3) is 44.4 Å². The van der Waals surface area contributed by atoms with Gasteiger partial charge in [-0.1, -0.05) is 109 Å². The van der Waals surface area contributed by atoms with Crippen LogP contribution in [0.15, 0.2) is 73.1 Å². The molecule has 5 aromatic rings. The first-order valence-corrected chi connectivity index (χ1v) is 17.1. The Hall–Kier alpha value is -3.74. The Morgan fingerprint density at radius 1 is 0.644 bits per heavy atom. The van der Waals surface area contributed by atoms with Crippen LogP contribution >= 0.6 is 0 Å². The van der Waals surface area contributed by atoms with Gasteiger partial charge in [0.2, 0.25) is 0 Å². The number of nitrogens with one attached hydrogen (secondary N) is 4. The summed E-state index contributed by atoms with van der Waals surface area (Å²) in [7, 11) is 0. The molecular formula is C39H54N6. The van der Waals surface area contributed by atoms with Crippen molar-refractivity contribution in [1.82, 2.24) is 30.6 Å². The lowest BCUT2D eigenvalue weighted by atomic mass is 9.98. The smallest absolute Gasteiger partial charge is 0.120 e. The van der Waals surface area contributed by atoms with E-state index in [1.807, 2.05) is 12.4 Å². The number of benzene rings is 3. The fourth-order valence-corrected chi connectivity index (χ4v) is 5.70. The van der Waals surface area contributed by atoms with Crippen LogP contribution in [0.4, 0.5) is 0 Å². The number of rotatable bonds is 15. The largest absolute Gasteiger partial charge is 0.341 e. The van der Waals surface area contributed by atoms with Crippen molar-refractivity contribution in [3.05, 3.63) is 84.7 Å². The Kier molecular flexibility index (Phi) is 13.4. The van der Waals surface area contributed by atoms with E-state index in [2.05, 4.69) is 133 Å². The molecule has 45 heavy (non-hydrogen) atoms. The highest BCUT2D eigenvalue weighted by atomic mass is 15.0. The Morgan fingerprint density at radius 2 is 1.18 bits per heavy atom. The number of aromatic amines is 2. The molecule has 0 fully saturated rings. The molecule has 0 radical (unpaired) electrons. The zero-order valence-electron chi connectivity index (χ0n) is 28.3. The van der Waals surface area contributed by atoms with Gasteiger partial charge in [0.05, 0.1) is 36.9 Å². The molecule has 0 spiro atoms. The van der Waals surface area contributed by atoms with Crippen molar-refractivity contribution in [2.45, 2.75) is 99.2 Å². The van der Waals surface area contributed by atoms with E-state index in [1.54, 1.807) is 0 Å².